The third-order valence-corrected chi connectivity index (χ3v) is 4.69. The van der Waals surface area contributed by atoms with Crippen LogP contribution in [-0.2, 0) is 26.0 Å². The van der Waals surface area contributed by atoms with Gasteiger partial charge in [0, 0.05) is 12.7 Å². The minimum Gasteiger partial charge on any atom is -0.481 e. The normalized spacial score (nSPS) is 11.5. The first-order chi connectivity index (χ1) is 10.2. The Morgan fingerprint density at radius 1 is 1.36 bits per heavy atom. The van der Waals surface area contributed by atoms with Crippen LogP contribution in [-0.4, -0.2) is 49.1 Å². The summed E-state index contributed by atoms with van der Waals surface area (Å²) in [5.41, 5.74) is 0.120. The number of anilines is 1. The van der Waals surface area contributed by atoms with Gasteiger partial charge in [0.25, 0.3) is 0 Å². The zero-order chi connectivity index (χ0) is 16.9. The van der Waals surface area contributed by atoms with Gasteiger partial charge < -0.3 is 10.4 Å². The zero-order valence-electron chi connectivity index (χ0n) is 12.2. The molecule has 2 N–H and O–H groups in total. The molecule has 0 aromatic heterocycles. The van der Waals surface area contributed by atoms with E-state index in [1.807, 2.05) is 0 Å². The molecule has 9 heteroatoms. The summed E-state index contributed by atoms with van der Waals surface area (Å²) in [4.78, 5) is 22.3. The maximum atomic E-state index is 13.6. The van der Waals surface area contributed by atoms with E-state index in [0.717, 1.165) is 10.4 Å². The Balaban J connectivity index is 2.73. The number of aliphatic carboxylic acids is 1. The number of carbonyl (C=O) groups excluding carboxylic acids is 1. The van der Waals surface area contributed by atoms with E-state index in [2.05, 4.69) is 5.32 Å². The Bertz CT molecular complexity index is 675. The third-order valence-electron chi connectivity index (χ3n) is 2.88. The van der Waals surface area contributed by atoms with Crippen LogP contribution in [0.2, 0.25) is 0 Å². The van der Waals surface area contributed by atoms with Gasteiger partial charge in [-0.2, -0.15) is 4.31 Å². The van der Waals surface area contributed by atoms with Crippen molar-refractivity contribution in [1.82, 2.24) is 4.31 Å². The predicted octanol–water partition coefficient (Wildman–Crippen LogP) is 0.673. The van der Waals surface area contributed by atoms with Gasteiger partial charge in [0.15, 0.2) is 0 Å². The Morgan fingerprint density at radius 3 is 2.50 bits per heavy atom. The van der Waals surface area contributed by atoms with Gasteiger partial charge in [0.2, 0.25) is 15.9 Å². The van der Waals surface area contributed by atoms with Crippen LogP contribution in [0.15, 0.2) is 18.2 Å². The average Bonchev–Trinajstić information content (AvgIpc) is 2.41. The lowest BCUT2D eigenvalue weighted by Crippen LogP contribution is -2.35. The standard InChI is InChI=1S/C13H17FN2O5S/c1-3-22(20,21)16(2)8-12(17)15-10-5-4-9(6-13(18)19)11(14)7-10/h4-5,7H,3,6,8H2,1-2H3,(H,15,17)(H,18,19). The van der Waals surface area contributed by atoms with Crippen molar-refractivity contribution in [2.24, 2.45) is 0 Å². The number of benzene rings is 1. The van der Waals surface area contributed by atoms with Crippen molar-refractivity contribution in [3.05, 3.63) is 29.6 Å². The Morgan fingerprint density at radius 2 is 2.00 bits per heavy atom. The van der Waals surface area contributed by atoms with Crippen LogP contribution in [0.1, 0.15) is 12.5 Å². The SMILES string of the molecule is CCS(=O)(=O)N(C)CC(=O)Nc1ccc(CC(=O)O)c(F)c1. The summed E-state index contributed by atoms with van der Waals surface area (Å²) in [5, 5.41) is 11.0. The molecule has 22 heavy (non-hydrogen) atoms. The van der Waals surface area contributed by atoms with Crippen molar-refractivity contribution in [2.75, 3.05) is 24.7 Å². The molecule has 1 aromatic carbocycles. The monoisotopic (exact) mass is 332 g/mol. The molecule has 1 aromatic rings. The highest BCUT2D eigenvalue weighted by molar-refractivity contribution is 7.89. The molecule has 0 atom stereocenters. The van der Waals surface area contributed by atoms with Crippen molar-refractivity contribution < 1.29 is 27.5 Å². The fraction of sp³-hybridized carbons (Fsp3) is 0.385. The lowest BCUT2D eigenvalue weighted by molar-refractivity contribution is -0.136. The van der Waals surface area contributed by atoms with Crippen LogP contribution in [0.25, 0.3) is 0 Å². The van der Waals surface area contributed by atoms with E-state index in [-0.39, 0.29) is 17.0 Å². The van der Waals surface area contributed by atoms with Gasteiger partial charge in [-0.15, -0.1) is 0 Å². The summed E-state index contributed by atoms with van der Waals surface area (Å²) in [7, 11) is -2.21. The molecule has 0 spiro atoms. The summed E-state index contributed by atoms with van der Waals surface area (Å²) in [6.45, 7) is 1.06. The van der Waals surface area contributed by atoms with Crippen molar-refractivity contribution in [1.29, 1.82) is 0 Å². The number of hydrogen-bond acceptors (Lipinski definition) is 4. The molecule has 7 nitrogen and oxygen atoms in total. The summed E-state index contributed by atoms with van der Waals surface area (Å²) in [6, 6.07) is 3.60. The number of sulfonamides is 1. The van der Waals surface area contributed by atoms with E-state index in [9.17, 15) is 22.4 Å². The summed E-state index contributed by atoms with van der Waals surface area (Å²) in [6.07, 6.45) is -0.461. The minimum absolute atomic E-state index is 0.00354. The predicted molar refractivity (Wildman–Crippen MR) is 78.5 cm³/mol. The van der Waals surface area contributed by atoms with E-state index < -0.39 is 40.7 Å². The highest BCUT2D eigenvalue weighted by atomic mass is 32.2. The highest BCUT2D eigenvalue weighted by Crippen LogP contribution is 2.15. The Kier molecular flexibility index (Phi) is 6.01. The smallest absolute Gasteiger partial charge is 0.307 e. The van der Waals surface area contributed by atoms with E-state index in [1.165, 1.54) is 26.1 Å². The van der Waals surface area contributed by atoms with Gasteiger partial charge >= 0.3 is 5.97 Å². The van der Waals surface area contributed by atoms with E-state index >= 15 is 0 Å². The van der Waals surface area contributed by atoms with Crippen molar-refractivity contribution in [2.45, 2.75) is 13.3 Å². The number of carbonyl (C=O) groups is 2. The van der Waals surface area contributed by atoms with Crippen molar-refractivity contribution >= 4 is 27.6 Å². The molecule has 0 fully saturated rings. The van der Waals surface area contributed by atoms with Crippen LogP contribution in [0.5, 0.6) is 0 Å². The number of amides is 1. The fourth-order valence-corrected chi connectivity index (χ4v) is 2.41. The number of hydrogen-bond donors (Lipinski definition) is 2. The number of nitrogens with one attached hydrogen (secondary N) is 1. The molecule has 0 unspecified atom stereocenters. The molecular weight excluding hydrogens is 315 g/mol. The number of rotatable bonds is 7. The second-order valence-corrected chi connectivity index (χ2v) is 6.95. The van der Waals surface area contributed by atoms with Crippen LogP contribution >= 0.6 is 0 Å². The number of halogens is 1. The van der Waals surface area contributed by atoms with Crippen molar-refractivity contribution in [3.63, 3.8) is 0 Å². The molecule has 0 aliphatic rings. The Hall–Kier alpha value is -2.00. The molecule has 0 aliphatic carbocycles. The van der Waals surface area contributed by atoms with Crippen LogP contribution in [0.4, 0.5) is 10.1 Å². The second-order valence-electron chi connectivity index (χ2n) is 4.58. The first kappa shape index (κ1) is 18.1. The van der Waals surface area contributed by atoms with Crippen LogP contribution < -0.4 is 5.32 Å². The van der Waals surface area contributed by atoms with Gasteiger partial charge in [0.05, 0.1) is 18.7 Å². The lowest BCUT2D eigenvalue weighted by Gasteiger charge is -2.15. The minimum atomic E-state index is -3.48. The topological polar surface area (TPSA) is 104 Å². The molecule has 0 aliphatic heterocycles. The van der Waals surface area contributed by atoms with E-state index in [4.69, 9.17) is 5.11 Å². The largest absolute Gasteiger partial charge is 0.481 e. The molecule has 0 bridgehead atoms. The van der Waals surface area contributed by atoms with E-state index in [1.54, 1.807) is 0 Å². The third kappa shape index (κ3) is 5.08. The number of nitrogens with zero attached hydrogens (tertiary/aromatic N) is 1. The molecule has 0 heterocycles. The number of carboxylic acids is 1. The van der Waals surface area contributed by atoms with Crippen LogP contribution in [0.3, 0.4) is 0 Å². The van der Waals surface area contributed by atoms with Crippen LogP contribution in [0, 0.1) is 5.82 Å². The summed E-state index contributed by atoms with van der Waals surface area (Å²) < 4.78 is 37.6. The van der Waals surface area contributed by atoms with Gasteiger partial charge in [-0.25, -0.2) is 12.8 Å². The lowest BCUT2D eigenvalue weighted by atomic mass is 10.1. The number of carboxylic acid groups (broad SMARTS) is 1. The fourth-order valence-electron chi connectivity index (χ4n) is 1.65. The average molecular weight is 332 g/mol. The highest BCUT2D eigenvalue weighted by Gasteiger charge is 2.18. The van der Waals surface area contributed by atoms with Crippen molar-refractivity contribution in [3.8, 4) is 0 Å². The molecule has 1 rings (SSSR count). The van der Waals surface area contributed by atoms with Gasteiger partial charge in [-0.3, -0.25) is 9.59 Å². The van der Waals surface area contributed by atoms with Gasteiger partial charge in [-0.1, -0.05) is 6.07 Å². The summed E-state index contributed by atoms with van der Waals surface area (Å²) >= 11 is 0. The molecule has 0 saturated carbocycles. The maximum absolute atomic E-state index is 13.6. The van der Waals surface area contributed by atoms with Gasteiger partial charge in [-0.05, 0) is 24.6 Å². The van der Waals surface area contributed by atoms with E-state index in [0.29, 0.717) is 0 Å². The molecule has 0 radical (unpaired) electrons. The maximum Gasteiger partial charge on any atom is 0.307 e. The molecule has 122 valence electrons. The second kappa shape index (κ2) is 7.32. The first-order valence-corrected chi connectivity index (χ1v) is 8.00. The summed E-state index contributed by atoms with van der Waals surface area (Å²) in [5.74, 6) is -2.67. The van der Waals surface area contributed by atoms with Gasteiger partial charge in [0.1, 0.15) is 5.82 Å². The Labute approximate surface area is 127 Å². The first-order valence-electron chi connectivity index (χ1n) is 6.39. The zero-order valence-corrected chi connectivity index (χ0v) is 13.0. The molecule has 1 amide bonds. The molecular formula is C13H17FN2O5S. The molecule has 0 saturated heterocycles. The quantitative estimate of drug-likeness (QED) is 0.764. The number of likely N-dealkylation sites (N-methyl/N-ethyl adjacent to an activating group) is 1.